The maximum Gasteiger partial charge on any atom is 0.251 e. The van der Waals surface area contributed by atoms with Gasteiger partial charge in [0.15, 0.2) is 0 Å². The lowest BCUT2D eigenvalue weighted by Crippen LogP contribution is -2.38. The van der Waals surface area contributed by atoms with Gasteiger partial charge in [0, 0.05) is 12.1 Å². The Morgan fingerprint density at radius 3 is 2.12 bits per heavy atom. The molecule has 0 aliphatic heterocycles. The molecular weight excluding hydrogens is 214 g/mol. The van der Waals surface area contributed by atoms with Gasteiger partial charge in [0.05, 0.1) is 5.60 Å². The Morgan fingerprint density at radius 2 is 1.71 bits per heavy atom. The van der Waals surface area contributed by atoms with Crippen molar-refractivity contribution in [2.24, 2.45) is 0 Å². The summed E-state index contributed by atoms with van der Waals surface area (Å²) in [6.45, 7) is 9.46. The van der Waals surface area contributed by atoms with E-state index in [4.69, 9.17) is 0 Å². The summed E-state index contributed by atoms with van der Waals surface area (Å²) >= 11 is 0. The summed E-state index contributed by atoms with van der Waals surface area (Å²) in [6, 6.07) is 3.98. The molecule has 1 rings (SSSR count). The van der Waals surface area contributed by atoms with E-state index >= 15 is 0 Å². The van der Waals surface area contributed by atoms with Crippen LogP contribution in [0.1, 0.15) is 40.9 Å². The van der Waals surface area contributed by atoms with Gasteiger partial charge in [-0.05, 0) is 45.7 Å². The number of aliphatic hydroxyl groups is 1. The average molecular weight is 235 g/mol. The summed E-state index contributed by atoms with van der Waals surface area (Å²) in [7, 11) is 0. The maximum absolute atomic E-state index is 12.0. The molecule has 17 heavy (non-hydrogen) atoms. The first kappa shape index (κ1) is 13.7. The lowest BCUT2D eigenvalue weighted by molar-refractivity contribution is 0.0693. The first-order chi connectivity index (χ1) is 7.70. The van der Waals surface area contributed by atoms with Gasteiger partial charge in [-0.25, -0.2) is 0 Å². The zero-order valence-corrected chi connectivity index (χ0v) is 11.2. The third-order valence-electron chi connectivity index (χ3n) is 2.59. The van der Waals surface area contributed by atoms with E-state index in [0.29, 0.717) is 5.56 Å². The van der Waals surface area contributed by atoms with E-state index in [1.165, 1.54) is 0 Å². The van der Waals surface area contributed by atoms with Gasteiger partial charge >= 0.3 is 0 Å². The van der Waals surface area contributed by atoms with E-state index in [-0.39, 0.29) is 12.5 Å². The van der Waals surface area contributed by atoms with Crippen molar-refractivity contribution in [3.63, 3.8) is 0 Å². The van der Waals surface area contributed by atoms with Crippen LogP contribution in [0.2, 0.25) is 0 Å². The van der Waals surface area contributed by atoms with E-state index in [0.717, 1.165) is 16.7 Å². The molecule has 94 valence electrons. The van der Waals surface area contributed by atoms with Crippen LogP contribution in [0, 0.1) is 20.8 Å². The number of hydrogen-bond acceptors (Lipinski definition) is 2. The molecule has 0 spiro atoms. The standard InChI is InChI=1S/C14H21NO2/c1-9-6-10(2)12(11(3)7-9)13(16)15-8-14(4,5)17/h6-7,17H,8H2,1-5H3,(H,15,16). The first-order valence-corrected chi connectivity index (χ1v) is 5.79. The molecule has 1 amide bonds. The average Bonchev–Trinajstić information content (AvgIpc) is 2.11. The molecule has 1 aromatic carbocycles. The SMILES string of the molecule is Cc1cc(C)c(C(=O)NCC(C)(C)O)c(C)c1. The molecule has 2 N–H and O–H groups in total. The number of benzene rings is 1. The van der Waals surface area contributed by atoms with Crippen molar-refractivity contribution in [3.05, 3.63) is 34.4 Å². The van der Waals surface area contributed by atoms with E-state index in [1.807, 2.05) is 32.9 Å². The molecule has 0 saturated carbocycles. The van der Waals surface area contributed by atoms with Gasteiger partial charge in [0.1, 0.15) is 0 Å². The highest BCUT2D eigenvalue weighted by molar-refractivity contribution is 5.97. The third-order valence-corrected chi connectivity index (χ3v) is 2.59. The van der Waals surface area contributed by atoms with E-state index in [2.05, 4.69) is 5.32 Å². The molecule has 0 bridgehead atoms. The fourth-order valence-electron chi connectivity index (χ4n) is 1.92. The van der Waals surface area contributed by atoms with Crippen LogP contribution in [0.3, 0.4) is 0 Å². The number of aryl methyl sites for hydroxylation is 3. The minimum atomic E-state index is -0.887. The molecule has 0 aromatic heterocycles. The highest BCUT2D eigenvalue weighted by Gasteiger charge is 2.17. The van der Waals surface area contributed by atoms with E-state index < -0.39 is 5.60 Å². The van der Waals surface area contributed by atoms with E-state index in [9.17, 15) is 9.90 Å². The fourth-order valence-corrected chi connectivity index (χ4v) is 1.92. The van der Waals surface area contributed by atoms with Gasteiger partial charge < -0.3 is 10.4 Å². The second-order valence-corrected chi connectivity index (χ2v) is 5.27. The van der Waals surface area contributed by atoms with Crippen molar-refractivity contribution >= 4 is 5.91 Å². The first-order valence-electron chi connectivity index (χ1n) is 5.79. The molecule has 0 radical (unpaired) electrons. The van der Waals surface area contributed by atoms with Crippen LogP contribution < -0.4 is 5.32 Å². The number of carbonyl (C=O) groups is 1. The van der Waals surface area contributed by atoms with Crippen LogP contribution in [0.5, 0.6) is 0 Å². The zero-order chi connectivity index (χ0) is 13.2. The second-order valence-electron chi connectivity index (χ2n) is 5.27. The third kappa shape index (κ3) is 3.86. The van der Waals surface area contributed by atoms with Crippen molar-refractivity contribution in [2.75, 3.05) is 6.54 Å². The smallest absolute Gasteiger partial charge is 0.251 e. The summed E-state index contributed by atoms with van der Waals surface area (Å²) in [5.74, 6) is -0.123. The topological polar surface area (TPSA) is 49.3 Å². The van der Waals surface area contributed by atoms with E-state index in [1.54, 1.807) is 13.8 Å². The lowest BCUT2D eigenvalue weighted by atomic mass is 9.99. The maximum atomic E-state index is 12.0. The molecule has 0 fully saturated rings. The van der Waals surface area contributed by atoms with Crippen LogP contribution in [0.4, 0.5) is 0 Å². The predicted molar refractivity (Wildman–Crippen MR) is 69.3 cm³/mol. The Morgan fingerprint density at radius 1 is 1.24 bits per heavy atom. The zero-order valence-electron chi connectivity index (χ0n) is 11.2. The second kappa shape index (κ2) is 4.88. The molecule has 1 aromatic rings. The molecule has 0 saturated heterocycles. The van der Waals surface area contributed by atoms with Gasteiger partial charge in [-0.15, -0.1) is 0 Å². The summed E-state index contributed by atoms with van der Waals surface area (Å²) < 4.78 is 0. The van der Waals surface area contributed by atoms with Gasteiger partial charge in [-0.2, -0.15) is 0 Å². The highest BCUT2D eigenvalue weighted by Crippen LogP contribution is 2.16. The van der Waals surface area contributed by atoms with Crippen LogP contribution in [-0.2, 0) is 0 Å². The van der Waals surface area contributed by atoms with Gasteiger partial charge in [0.2, 0.25) is 0 Å². The number of rotatable bonds is 3. The molecule has 3 nitrogen and oxygen atoms in total. The molecule has 0 atom stereocenters. The monoisotopic (exact) mass is 235 g/mol. The van der Waals surface area contributed by atoms with Crippen molar-refractivity contribution in [3.8, 4) is 0 Å². The fraction of sp³-hybridized carbons (Fsp3) is 0.500. The summed E-state index contributed by atoms with van der Waals surface area (Å²) in [5, 5.41) is 12.3. The van der Waals surface area contributed by atoms with Crippen molar-refractivity contribution in [1.82, 2.24) is 5.32 Å². The Labute approximate surface area is 103 Å². The summed E-state index contributed by atoms with van der Waals surface area (Å²) in [6.07, 6.45) is 0. The molecule has 0 aliphatic rings. The normalized spacial score (nSPS) is 11.4. The summed E-state index contributed by atoms with van der Waals surface area (Å²) in [5.41, 5.74) is 2.91. The number of amides is 1. The van der Waals surface area contributed by atoms with Crippen molar-refractivity contribution < 1.29 is 9.90 Å². The Hall–Kier alpha value is -1.35. The Kier molecular flexibility index (Phi) is 3.94. The number of nitrogens with one attached hydrogen (secondary N) is 1. The van der Waals surface area contributed by atoms with Crippen molar-refractivity contribution in [1.29, 1.82) is 0 Å². The Balaban J connectivity index is 2.90. The number of hydrogen-bond donors (Lipinski definition) is 2. The van der Waals surface area contributed by atoms with Gasteiger partial charge in [-0.3, -0.25) is 4.79 Å². The molecule has 3 heteroatoms. The van der Waals surface area contributed by atoms with Crippen LogP contribution >= 0.6 is 0 Å². The molecular formula is C14H21NO2. The lowest BCUT2D eigenvalue weighted by Gasteiger charge is -2.19. The van der Waals surface area contributed by atoms with Crippen LogP contribution in [0.25, 0.3) is 0 Å². The minimum absolute atomic E-state index is 0.123. The molecule has 0 unspecified atom stereocenters. The van der Waals surface area contributed by atoms with Gasteiger partial charge in [-0.1, -0.05) is 17.7 Å². The Bertz CT molecular complexity index is 407. The highest BCUT2D eigenvalue weighted by atomic mass is 16.3. The van der Waals surface area contributed by atoms with Crippen LogP contribution in [-0.4, -0.2) is 23.2 Å². The quantitative estimate of drug-likeness (QED) is 0.843. The molecule has 0 heterocycles. The number of carbonyl (C=O) groups excluding carboxylic acids is 1. The molecule has 0 aliphatic carbocycles. The minimum Gasteiger partial charge on any atom is -0.389 e. The van der Waals surface area contributed by atoms with Gasteiger partial charge in [0.25, 0.3) is 5.91 Å². The van der Waals surface area contributed by atoms with Crippen LogP contribution in [0.15, 0.2) is 12.1 Å². The largest absolute Gasteiger partial charge is 0.389 e. The predicted octanol–water partition coefficient (Wildman–Crippen LogP) is 2.11. The summed E-state index contributed by atoms with van der Waals surface area (Å²) in [4.78, 5) is 12.0. The van der Waals surface area contributed by atoms with Crippen molar-refractivity contribution in [2.45, 2.75) is 40.2 Å².